The van der Waals surface area contributed by atoms with Crippen LogP contribution in [0.3, 0.4) is 0 Å². The minimum Gasteiger partial charge on any atom is -0.457 e. The molecule has 5 heteroatoms. The molecule has 3 aromatic rings. The normalized spacial score (nSPS) is 12.1. The third-order valence-corrected chi connectivity index (χ3v) is 5.01. The minimum absolute atomic E-state index is 0.0714. The van der Waals surface area contributed by atoms with Gasteiger partial charge in [0.1, 0.15) is 6.61 Å². The first-order valence-electron chi connectivity index (χ1n) is 9.90. The summed E-state index contributed by atoms with van der Waals surface area (Å²) in [6.07, 6.45) is 2.05. The summed E-state index contributed by atoms with van der Waals surface area (Å²) < 4.78 is 5.60. The van der Waals surface area contributed by atoms with Crippen molar-refractivity contribution in [1.29, 1.82) is 0 Å². The van der Waals surface area contributed by atoms with Crippen LogP contribution in [0.2, 0.25) is 0 Å². The monoisotopic (exact) mass is 413 g/mol. The predicted molar refractivity (Wildman–Crippen MR) is 123 cm³/mol. The number of nitro groups is 1. The van der Waals surface area contributed by atoms with Crippen LogP contribution < -0.4 is 0 Å². The van der Waals surface area contributed by atoms with E-state index in [-0.39, 0.29) is 17.9 Å². The van der Waals surface area contributed by atoms with Crippen LogP contribution in [0.5, 0.6) is 0 Å². The molecule has 0 N–H and O–H groups in total. The predicted octanol–water partition coefficient (Wildman–Crippen LogP) is 6.33. The maximum absolute atomic E-state index is 12.6. The molecule has 0 aliphatic heterocycles. The summed E-state index contributed by atoms with van der Waals surface area (Å²) in [5, 5.41) is 10.8. The average Bonchev–Trinajstić information content (AvgIpc) is 2.81. The lowest BCUT2D eigenvalue weighted by Crippen LogP contribution is -2.09. The first-order chi connectivity index (χ1) is 15.0. The molecular formula is C26H23NO4. The molecule has 0 fully saturated rings. The van der Waals surface area contributed by atoms with Gasteiger partial charge in [0, 0.05) is 17.7 Å². The van der Waals surface area contributed by atoms with Crippen LogP contribution in [0.4, 0.5) is 5.69 Å². The maximum atomic E-state index is 12.6. The van der Waals surface area contributed by atoms with Gasteiger partial charge in [-0.25, -0.2) is 4.79 Å². The zero-order valence-electron chi connectivity index (χ0n) is 17.4. The van der Waals surface area contributed by atoms with Crippen molar-refractivity contribution in [3.05, 3.63) is 123 Å². The summed E-state index contributed by atoms with van der Waals surface area (Å²) in [7, 11) is 0. The van der Waals surface area contributed by atoms with Gasteiger partial charge in [0.15, 0.2) is 0 Å². The van der Waals surface area contributed by atoms with Crippen molar-refractivity contribution in [3.8, 4) is 0 Å². The quantitative estimate of drug-likeness (QED) is 0.196. The molecule has 3 aromatic carbocycles. The Labute approximate surface area is 181 Å². The average molecular weight is 413 g/mol. The molecule has 0 aliphatic rings. The van der Waals surface area contributed by atoms with Crippen molar-refractivity contribution >= 4 is 22.8 Å². The van der Waals surface area contributed by atoms with Gasteiger partial charge in [0.05, 0.1) is 10.5 Å². The van der Waals surface area contributed by atoms with E-state index in [0.717, 1.165) is 27.8 Å². The Bertz CT molecular complexity index is 1120. The first kappa shape index (κ1) is 21.7. The molecule has 156 valence electrons. The molecule has 5 nitrogen and oxygen atoms in total. The van der Waals surface area contributed by atoms with Gasteiger partial charge >= 0.3 is 5.97 Å². The van der Waals surface area contributed by atoms with E-state index >= 15 is 0 Å². The highest BCUT2D eigenvalue weighted by atomic mass is 16.6. The van der Waals surface area contributed by atoms with Crippen LogP contribution >= 0.6 is 0 Å². The molecule has 0 aliphatic carbocycles. The van der Waals surface area contributed by atoms with Gasteiger partial charge in [-0.15, -0.1) is 0 Å². The molecule has 0 atom stereocenters. The number of esters is 1. The summed E-state index contributed by atoms with van der Waals surface area (Å²) in [5.74, 6) is -0.530. The Kier molecular flexibility index (Phi) is 7.12. The number of nitro benzene ring substituents is 1. The molecule has 0 saturated carbocycles. The molecule has 0 saturated heterocycles. The van der Waals surface area contributed by atoms with Crippen molar-refractivity contribution in [2.24, 2.45) is 0 Å². The fourth-order valence-electron chi connectivity index (χ4n) is 3.37. The van der Waals surface area contributed by atoms with Gasteiger partial charge < -0.3 is 4.74 Å². The highest BCUT2D eigenvalue weighted by molar-refractivity contribution is 5.92. The van der Waals surface area contributed by atoms with Crippen LogP contribution in [0, 0.1) is 10.1 Å². The SMILES string of the molecule is C/C=C(/C(C)=C(\COC(=O)c1ccc([N+](=O)[O-])cc1)c1ccccc1)c1ccccc1. The van der Waals surface area contributed by atoms with Gasteiger partial charge in [0.25, 0.3) is 5.69 Å². The smallest absolute Gasteiger partial charge is 0.338 e. The van der Waals surface area contributed by atoms with Crippen LogP contribution in [-0.4, -0.2) is 17.5 Å². The number of ether oxygens (including phenoxy) is 1. The maximum Gasteiger partial charge on any atom is 0.338 e. The topological polar surface area (TPSA) is 69.4 Å². The number of benzene rings is 3. The molecule has 0 spiro atoms. The highest BCUT2D eigenvalue weighted by Crippen LogP contribution is 2.30. The van der Waals surface area contributed by atoms with Crippen molar-refractivity contribution in [2.75, 3.05) is 6.61 Å². The Morgan fingerprint density at radius 2 is 1.42 bits per heavy atom. The Hall–Kier alpha value is -3.99. The molecular weight excluding hydrogens is 390 g/mol. The van der Waals surface area contributed by atoms with Crippen LogP contribution in [0.1, 0.15) is 35.3 Å². The van der Waals surface area contributed by atoms with E-state index in [0.29, 0.717) is 0 Å². The summed E-state index contributed by atoms with van der Waals surface area (Å²) in [5.41, 5.74) is 5.21. The second-order valence-corrected chi connectivity index (χ2v) is 6.92. The lowest BCUT2D eigenvalue weighted by Gasteiger charge is -2.16. The second kappa shape index (κ2) is 10.2. The van der Waals surface area contributed by atoms with E-state index < -0.39 is 10.9 Å². The Morgan fingerprint density at radius 3 is 1.94 bits per heavy atom. The third kappa shape index (κ3) is 5.34. The number of rotatable bonds is 7. The number of nitrogens with zero attached hydrogens (tertiary/aromatic N) is 1. The minimum atomic E-state index is -0.530. The molecule has 0 bridgehead atoms. The molecule has 3 rings (SSSR count). The van der Waals surface area contributed by atoms with Crippen molar-refractivity contribution < 1.29 is 14.5 Å². The molecule has 31 heavy (non-hydrogen) atoms. The largest absolute Gasteiger partial charge is 0.457 e. The molecule has 0 amide bonds. The van der Waals surface area contributed by atoms with Gasteiger partial charge in [0.2, 0.25) is 0 Å². The van der Waals surface area contributed by atoms with Crippen molar-refractivity contribution in [2.45, 2.75) is 13.8 Å². The number of allylic oxidation sites excluding steroid dienone is 3. The zero-order chi connectivity index (χ0) is 22.2. The van der Waals surface area contributed by atoms with Gasteiger partial charge in [-0.3, -0.25) is 10.1 Å². The van der Waals surface area contributed by atoms with E-state index in [1.165, 1.54) is 24.3 Å². The van der Waals surface area contributed by atoms with Crippen molar-refractivity contribution in [3.63, 3.8) is 0 Å². The zero-order valence-corrected chi connectivity index (χ0v) is 17.4. The first-order valence-corrected chi connectivity index (χ1v) is 9.90. The summed E-state index contributed by atoms with van der Waals surface area (Å²) in [6, 6.07) is 25.2. The Balaban J connectivity index is 1.90. The van der Waals surface area contributed by atoms with E-state index in [1.54, 1.807) is 0 Å². The Morgan fingerprint density at radius 1 is 0.871 bits per heavy atom. The number of carbonyl (C=O) groups excluding carboxylic acids is 1. The number of carbonyl (C=O) groups is 1. The van der Waals surface area contributed by atoms with Gasteiger partial charge in [-0.05, 0) is 48.3 Å². The molecule has 0 radical (unpaired) electrons. The van der Waals surface area contributed by atoms with E-state index in [4.69, 9.17) is 4.74 Å². The van der Waals surface area contributed by atoms with Crippen LogP contribution in [0.25, 0.3) is 11.1 Å². The number of hydrogen-bond acceptors (Lipinski definition) is 4. The molecule has 0 aromatic heterocycles. The molecule has 0 heterocycles. The van der Waals surface area contributed by atoms with Gasteiger partial charge in [-0.2, -0.15) is 0 Å². The molecule has 0 unspecified atom stereocenters. The van der Waals surface area contributed by atoms with Crippen LogP contribution in [-0.2, 0) is 4.74 Å². The van der Waals surface area contributed by atoms with E-state index in [9.17, 15) is 14.9 Å². The highest BCUT2D eigenvalue weighted by Gasteiger charge is 2.15. The number of hydrogen-bond donors (Lipinski definition) is 0. The fourth-order valence-corrected chi connectivity index (χ4v) is 3.37. The van der Waals surface area contributed by atoms with E-state index in [1.807, 2.05) is 80.6 Å². The lowest BCUT2D eigenvalue weighted by molar-refractivity contribution is -0.384. The van der Waals surface area contributed by atoms with Crippen LogP contribution in [0.15, 0.2) is 96.6 Å². The summed E-state index contributed by atoms with van der Waals surface area (Å²) in [6.45, 7) is 4.08. The fraction of sp³-hybridized carbons (Fsp3) is 0.115. The van der Waals surface area contributed by atoms with Gasteiger partial charge in [-0.1, -0.05) is 66.7 Å². The summed E-state index contributed by atoms with van der Waals surface area (Å²) in [4.78, 5) is 22.9. The number of non-ortho nitro benzene ring substituents is 1. The van der Waals surface area contributed by atoms with Crippen molar-refractivity contribution in [1.82, 2.24) is 0 Å². The summed E-state index contributed by atoms with van der Waals surface area (Å²) >= 11 is 0. The lowest BCUT2D eigenvalue weighted by atomic mass is 9.92. The third-order valence-electron chi connectivity index (χ3n) is 5.01. The van der Waals surface area contributed by atoms with E-state index in [2.05, 4.69) is 0 Å². The standard InChI is InChI=1S/C26H23NO4/c1-3-24(20-10-6-4-7-11-20)19(2)25(21-12-8-5-9-13-21)18-31-26(28)22-14-16-23(17-15-22)27(29)30/h3-17H,18H2,1-2H3/b24-3-,25-19+. The second-order valence-electron chi connectivity index (χ2n) is 6.92.